The van der Waals surface area contributed by atoms with E-state index < -0.39 is 11.7 Å². The van der Waals surface area contributed by atoms with Crippen LogP contribution < -0.4 is 0 Å². The van der Waals surface area contributed by atoms with E-state index in [9.17, 15) is 18.0 Å². The summed E-state index contributed by atoms with van der Waals surface area (Å²) in [4.78, 5) is 19.7. The van der Waals surface area contributed by atoms with Gasteiger partial charge in [0.1, 0.15) is 0 Å². The molecule has 0 radical (unpaired) electrons. The predicted octanol–water partition coefficient (Wildman–Crippen LogP) is 4.44. The fraction of sp³-hybridized carbons (Fsp3) is 0.435. The Morgan fingerprint density at radius 3 is 2.73 bits per heavy atom. The molecule has 3 aromatic rings. The fourth-order valence-corrected chi connectivity index (χ4v) is 4.50. The molecule has 1 aromatic carbocycles. The number of carbonyl (C=O) groups excluding carboxylic acids is 1. The molecule has 2 fully saturated rings. The van der Waals surface area contributed by atoms with Crippen LogP contribution in [-0.4, -0.2) is 53.5 Å². The molecule has 1 unspecified atom stereocenters. The Morgan fingerprint density at radius 1 is 1.18 bits per heavy atom. The number of carbonyl (C=O) groups is 1. The van der Waals surface area contributed by atoms with Crippen molar-refractivity contribution in [3.05, 3.63) is 47.2 Å². The van der Waals surface area contributed by atoms with Gasteiger partial charge in [0.05, 0.1) is 41.1 Å². The van der Waals surface area contributed by atoms with Gasteiger partial charge in [-0.1, -0.05) is 17.3 Å². The van der Waals surface area contributed by atoms with Crippen LogP contribution in [-0.2, 0) is 15.7 Å². The Morgan fingerprint density at radius 2 is 1.97 bits per heavy atom. The molecule has 2 saturated heterocycles. The Hall–Kier alpha value is -2.98. The summed E-state index contributed by atoms with van der Waals surface area (Å²) in [5.74, 6) is -0.182. The normalized spacial score (nSPS) is 20.0. The van der Waals surface area contributed by atoms with Crippen molar-refractivity contribution >= 4 is 17.0 Å². The van der Waals surface area contributed by atoms with Crippen LogP contribution in [0.4, 0.5) is 13.2 Å². The number of likely N-dealkylation sites (tertiary alicyclic amines) is 1. The first-order valence-corrected chi connectivity index (χ1v) is 10.8. The van der Waals surface area contributed by atoms with E-state index in [4.69, 9.17) is 14.0 Å². The molecule has 0 aliphatic carbocycles. The molecule has 0 saturated carbocycles. The van der Waals surface area contributed by atoms with Crippen LogP contribution in [0.1, 0.15) is 34.5 Å². The maximum absolute atomic E-state index is 13.6. The monoisotopic (exact) mass is 461 g/mol. The first kappa shape index (κ1) is 21.8. The summed E-state index contributed by atoms with van der Waals surface area (Å²) in [5, 5.41) is 4.39. The summed E-state index contributed by atoms with van der Waals surface area (Å²) in [6.45, 7) is 3.82. The molecule has 33 heavy (non-hydrogen) atoms. The molecule has 1 atom stereocenters. The summed E-state index contributed by atoms with van der Waals surface area (Å²) in [7, 11) is 0. The van der Waals surface area contributed by atoms with Gasteiger partial charge in [-0.05, 0) is 38.0 Å². The number of aromatic nitrogens is 2. The molecule has 2 aliphatic rings. The van der Waals surface area contributed by atoms with E-state index in [0.29, 0.717) is 42.9 Å². The number of piperidine rings is 1. The van der Waals surface area contributed by atoms with E-state index in [-0.39, 0.29) is 35.1 Å². The van der Waals surface area contributed by atoms with Crippen molar-refractivity contribution < 1.29 is 32.0 Å². The number of hydrogen-bond acceptors (Lipinski definition) is 6. The third-order valence-corrected chi connectivity index (χ3v) is 6.11. The minimum atomic E-state index is -4.49. The van der Waals surface area contributed by atoms with Gasteiger partial charge in [0.2, 0.25) is 0 Å². The standard InChI is InChI=1S/C23H22F3N3O4/c1-13-19-17(21(30)29-7-3-5-15(12-29)22-31-8-9-32-22)11-18(27-20(19)33-28-13)14-4-2-6-16(10-14)23(24,25)26/h2,4,6,10-11,15,22H,3,5,7-9,12H2,1H3. The van der Waals surface area contributed by atoms with Crippen LogP contribution in [0, 0.1) is 12.8 Å². The Labute approximate surface area is 187 Å². The number of benzene rings is 1. The van der Waals surface area contributed by atoms with Gasteiger partial charge in [-0.25, -0.2) is 4.98 Å². The number of hydrogen-bond donors (Lipinski definition) is 0. The van der Waals surface area contributed by atoms with Crippen LogP contribution in [0.5, 0.6) is 0 Å². The molecule has 5 rings (SSSR count). The average Bonchev–Trinajstić information content (AvgIpc) is 3.48. The average molecular weight is 461 g/mol. The third kappa shape index (κ3) is 4.20. The molecular weight excluding hydrogens is 439 g/mol. The van der Waals surface area contributed by atoms with Crippen LogP contribution in [0.25, 0.3) is 22.4 Å². The van der Waals surface area contributed by atoms with E-state index >= 15 is 0 Å². The van der Waals surface area contributed by atoms with Crippen LogP contribution in [0.15, 0.2) is 34.9 Å². The van der Waals surface area contributed by atoms with Crippen molar-refractivity contribution in [3.8, 4) is 11.3 Å². The van der Waals surface area contributed by atoms with Gasteiger partial charge in [-0.3, -0.25) is 4.79 Å². The van der Waals surface area contributed by atoms with Gasteiger partial charge in [0.25, 0.3) is 11.6 Å². The number of amides is 1. The second kappa shape index (κ2) is 8.42. The Kier molecular flexibility index (Phi) is 5.57. The van der Waals surface area contributed by atoms with Crippen molar-refractivity contribution in [2.75, 3.05) is 26.3 Å². The largest absolute Gasteiger partial charge is 0.416 e. The highest BCUT2D eigenvalue weighted by atomic mass is 19.4. The molecule has 1 amide bonds. The lowest BCUT2D eigenvalue weighted by atomic mass is 9.96. The maximum Gasteiger partial charge on any atom is 0.416 e. The van der Waals surface area contributed by atoms with Crippen molar-refractivity contribution in [3.63, 3.8) is 0 Å². The predicted molar refractivity (Wildman–Crippen MR) is 111 cm³/mol. The highest BCUT2D eigenvalue weighted by molar-refractivity contribution is 6.07. The van der Waals surface area contributed by atoms with E-state index in [1.165, 1.54) is 18.2 Å². The summed E-state index contributed by atoms with van der Waals surface area (Å²) < 4.78 is 56.2. The van der Waals surface area contributed by atoms with E-state index in [1.807, 2.05) is 0 Å². The van der Waals surface area contributed by atoms with Crippen LogP contribution in [0.3, 0.4) is 0 Å². The molecule has 2 aromatic heterocycles. The van der Waals surface area contributed by atoms with Gasteiger partial charge >= 0.3 is 6.18 Å². The first-order valence-electron chi connectivity index (χ1n) is 10.8. The molecule has 174 valence electrons. The fourth-order valence-electron chi connectivity index (χ4n) is 4.50. The second-order valence-electron chi connectivity index (χ2n) is 8.35. The highest BCUT2D eigenvalue weighted by Crippen LogP contribution is 2.34. The zero-order valence-corrected chi connectivity index (χ0v) is 17.9. The van der Waals surface area contributed by atoms with E-state index in [2.05, 4.69) is 10.1 Å². The van der Waals surface area contributed by atoms with Gasteiger partial charge in [-0.2, -0.15) is 13.2 Å². The molecule has 4 heterocycles. The lowest BCUT2D eigenvalue weighted by Gasteiger charge is -2.34. The topological polar surface area (TPSA) is 77.7 Å². The second-order valence-corrected chi connectivity index (χ2v) is 8.35. The number of ether oxygens (including phenoxy) is 2. The third-order valence-electron chi connectivity index (χ3n) is 6.11. The van der Waals surface area contributed by atoms with Crippen molar-refractivity contribution in [1.29, 1.82) is 0 Å². The smallest absolute Gasteiger partial charge is 0.350 e. The minimum Gasteiger partial charge on any atom is -0.350 e. The SMILES string of the molecule is Cc1noc2nc(-c3cccc(C(F)(F)F)c3)cc(C(=O)N3CCCC(C4OCCO4)C3)c12. The number of halogens is 3. The zero-order valence-electron chi connectivity index (χ0n) is 17.9. The van der Waals surface area contributed by atoms with Gasteiger partial charge in [-0.15, -0.1) is 0 Å². The maximum atomic E-state index is 13.6. The number of nitrogens with zero attached hydrogens (tertiary/aromatic N) is 3. The molecule has 0 N–H and O–H groups in total. The summed E-state index contributed by atoms with van der Waals surface area (Å²) >= 11 is 0. The Bertz CT molecular complexity index is 1190. The molecule has 0 spiro atoms. The minimum absolute atomic E-state index is 0.0639. The molecule has 7 nitrogen and oxygen atoms in total. The lowest BCUT2D eigenvalue weighted by molar-refractivity contribution is -0.137. The highest BCUT2D eigenvalue weighted by Gasteiger charge is 2.34. The molecule has 10 heteroatoms. The van der Waals surface area contributed by atoms with Gasteiger partial charge < -0.3 is 18.9 Å². The number of alkyl halides is 3. The van der Waals surface area contributed by atoms with Gasteiger partial charge in [0, 0.05) is 24.6 Å². The van der Waals surface area contributed by atoms with Crippen LogP contribution >= 0.6 is 0 Å². The molecule has 0 bridgehead atoms. The molecular formula is C23H22F3N3O4. The lowest BCUT2D eigenvalue weighted by Crippen LogP contribution is -2.43. The van der Waals surface area contributed by atoms with Crippen molar-refractivity contribution in [1.82, 2.24) is 15.0 Å². The first-order chi connectivity index (χ1) is 15.8. The summed E-state index contributed by atoms with van der Waals surface area (Å²) in [6.07, 6.45) is -3.12. The van der Waals surface area contributed by atoms with Crippen molar-refractivity contribution in [2.45, 2.75) is 32.2 Å². The zero-order chi connectivity index (χ0) is 23.2. The molecule has 2 aliphatic heterocycles. The number of pyridine rings is 1. The van der Waals surface area contributed by atoms with E-state index in [0.717, 1.165) is 25.0 Å². The van der Waals surface area contributed by atoms with E-state index in [1.54, 1.807) is 11.8 Å². The van der Waals surface area contributed by atoms with Gasteiger partial charge in [0.15, 0.2) is 6.29 Å². The summed E-state index contributed by atoms with van der Waals surface area (Å²) in [5.41, 5.74) is 0.566. The number of aryl methyl sites for hydroxylation is 1. The van der Waals surface area contributed by atoms with Crippen LogP contribution in [0.2, 0.25) is 0 Å². The number of rotatable bonds is 3. The summed E-state index contributed by atoms with van der Waals surface area (Å²) in [6, 6.07) is 6.36. The quantitative estimate of drug-likeness (QED) is 0.574. The Balaban J connectivity index is 1.52. The van der Waals surface area contributed by atoms with Crippen molar-refractivity contribution in [2.24, 2.45) is 5.92 Å². The number of fused-ring (bicyclic) bond motifs is 1.